The van der Waals surface area contributed by atoms with Gasteiger partial charge in [0.1, 0.15) is 0 Å². The molecule has 2 heterocycles. The molecule has 0 radical (unpaired) electrons. The molecule has 0 amide bonds. The summed E-state index contributed by atoms with van der Waals surface area (Å²) in [6.45, 7) is 5.36. The van der Waals surface area contributed by atoms with Crippen LogP contribution in [0.5, 0.6) is 0 Å². The molecule has 2 N–H and O–H groups in total. The van der Waals surface area contributed by atoms with Crippen LogP contribution in [0, 0.1) is 12.8 Å². The van der Waals surface area contributed by atoms with Crippen LogP contribution in [-0.2, 0) is 13.0 Å². The Morgan fingerprint density at radius 2 is 2.27 bits per heavy atom. The number of halogens is 1. The summed E-state index contributed by atoms with van der Waals surface area (Å²) in [7, 11) is 1.75. The van der Waals surface area contributed by atoms with E-state index in [2.05, 4.69) is 50.2 Å². The first kappa shape index (κ1) is 18.9. The molecule has 1 atom stereocenters. The number of thiophene rings is 1. The molecule has 1 unspecified atom stereocenters. The number of nitrogens with one attached hydrogen (secondary N) is 2. The quantitative estimate of drug-likeness (QED) is 0.415. The van der Waals surface area contributed by atoms with Crippen molar-refractivity contribution in [1.29, 1.82) is 0 Å². The highest BCUT2D eigenvalue weighted by molar-refractivity contribution is 14.0. The van der Waals surface area contributed by atoms with Gasteiger partial charge in [0.15, 0.2) is 11.8 Å². The van der Waals surface area contributed by atoms with Gasteiger partial charge in [-0.2, -0.15) is 4.98 Å². The maximum atomic E-state index is 4.93. The van der Waals surface area contributed by atoms with E-state index >= 15 is 0 Å². The number of aliphatic imine (C=N–C) groups is 1. The summed E-state index contributed by atoms with van der Waals surface area (Å²) in [5, 5.41) is 12.4. The maximum Gasteiger partial charge on any atom is 0.223 e. The molecule has 6 nitrogen and oxygen atoms in total. The molecule has 22 heavy (non-hydrogen) atoms. The molecule has 122 valence electrons. The van der Waals surface area contributed by atoms with E-state index < -0.39 is 0 Å². The van der Waals surface area contributed by atoms with Crippen molar-refractivity contribution in [2.75, 3.05) is 13.6 Å². The molecule has 0 aromatic carbocycles. The van der Waals surface area contributed by atoms with Crippen LogP contribution in [0.3, 0.4) is 0 Å². The number of hydrogen-bond donors (Lipinski definition) is 2. The maximum absolute atomic E-state index is 4.93. The molecular formula is C14H22IN5OS. The minimum atomic E-state index is 0. The lowest BCUT2D eigenvalue weighted by Crippen LogP contribution is -2.39. The van der Waals surface area contributed by atoms with Crippen molar-refractivity contribution < 1.29 is 4.52 Å². The standard InChI is InChI=1S/C14H21N5OS.HI/c1-10(7-12-5-4-6-21-12)8-16-14(15-3)17-9-13-18-11(2)20-19-13;/h4-6,10H,7-9H2,1-3H3,(H2,15,16,17);1H. The average molecular weight is 435 g/mol. The first-order valence-electron chi connectivity index (χ1n) is 6.93. The summed E-state index contributed by atoms with van der Waals surface area (Å²) in [6.07, 6.45) is 1.08. The summed E-state index contributed by atoms with van der Waals surface area (Å²) in [5.74, 6) is 2.48. The highest BCUT2D eigenvalue weighted by atomic mass is 127. The van der Waals surface area contributed by atoms with Crippen molar-refractivity contribution in [1.82, 2.24) is 20.8 Å². The molecule has 8 heteroatoms. The molecule has 2 aromatic rings. The van der Waals surface area contributed by atoms with Crippen molar-refractivity contribution in [2.24, 2.45) is 10.9 Å². The lowest BCUT2D eigenvalue weighted by atomic mass is 10.1. The van der Waals surface area contributed by atoms with Crippen molar-refractivity contribution in [3.63, 3.8) is 0 Å². The van der Waals surface area contributed by atoms with Gasteiger partial charge in [0, 0.05) is 25.4 Å². The van der Waals surface area contributed by atoms with Crippen LogP contribution in [0.2, 0.25) is 0 Å². The Bertz CT molecular complexity index is 570. The number of hydrogen-bond acceptors (Lipinski definition) is 5. The third-order valence-electron chi connectivity index (χ3n) is 2.95. The largest absolute Gasteiger partial charge is 0.356 e. The van der Waals surface area contributed by atoms with E-state index in [9.17, 15) is 0 Å². The number of nitrogens with zero attached hydrogens (tertiary/aromatic N) is 3. The van der Waals surface area contributed by atoms with Gasteiger partial charge in [-0.05, 0) is 23.8 Å². The molecule has 0 fully saturated rings. The Morgan fingerprint density at radius 3 is 2.86 bits per heavy atom. The van der Waals surface area contributed by atoms with Gasteiger partial charge in [-0.25, -0.2) is 0 Å². The lowest BCUT2D eigenvalue weighted by Gasteiger charge is -2.14. The molecule has 0 spiro atoms. The molecular weight excluding hydrogens is 413 g/mol. The van der Waals surface area contributed by atoms with Crippen molar-refractivity contribution in [3.8, 4) is 0 Å². The van der Waals surface area contributed by atoms with Crippen LogP contribution in [0.15, 0.2) is 27.0 Å². The van der Waals surface area contributed by atoms with Crippen molar-refractivity contribution in [3.05, 3.63) is 34.1 Å². The van der Waals surface area contributed by atoms with E-state index in [0.29, 0.717) is 24.2 Å². The van der Waals surface area contributed by atoms with E-state index in [4.69, 9.17) is 4.52 Å². The summed E-state index contributed by atoms with van der Waals surface area (Å²) >= 11 is 1.80. The third kappa shape index (κ3) is 6.30. The Hall–Kier alpha value is -1.16. The second-order valence-corrected chi connectivity index (χ2v) is 5.96. The zero-order chi connectivity index (χ0) is 15.1. The number of guanidine groups is 1. The van der Waals surface area contributed by atoms with Gasteiger partial charge in [0.25, 0.3) is 0 Å². The molecule has 0 aliphatic rings. The molecule has 0 aliphatic carbocycles. The van der Waals surface area contributed by atoms with Crippen molar-refractivity contribution in [2.45, 2.75) is 26.8 Å². The van der Waals surface area contributed by atoms with Crippen LogP contribution in [-0.4, -0.2) is 29.7 Å². The van der Waals surface area contributed by atoms with Gasteiger partial charge in [-0.3, -0.25) is 4.99 Å². The Labute approximate surface area is 151 Å². The molecule has 0 bridgehead atoms. The predicted molar refractivity (Wildman–Crippen MR) is 99.8 cm³/mol. The summed E-state index contributed by atoms with van der Waals surface area (Å²) in [5.41, 5.74) is 0. The van der Waals surface area contributed by atoms with Crippen LogP contribution in [0.1, 0.15) is 23.5 Å². The number of rotatable bonds is 6. The van der Waals surface area contributed by atoms with Gasteiger partial charge in [0.05, 0.1) is 6.54 Å². The van der Waals surface area contributed by atoms with Crippen LogP contribution in [0.25, 0.3) is 0 Å². The lowest BCUT2D eigenvalue weighted by molar-refractivity contribution is 0.386. The van der Waals surface area contributed by atoms with E-state index in [0.717, 1.165) is 18.9 Å². The molecule has 2 aromatic heterocycles. The van der Waals surface area contributed by atoms with E-state index in [1.54, 1.807) is 25.3 Å². The summed E-state index contributed by atoms with van der Waals surface area (Å²) in [4.78, 5) is 9.74. The zero-order valence-corrected chi connectivity index (χ0v) is 16.1. The minimum Gasteiger partial charge on any atom is -0.356 e. The van der Waals surface area contributed by atoms with Crippen LogP contribution >= 0.6 is 35.3 Å². The van der Waals surface area contributed by atoms with Crippen LogP contribution < -0.4 is 10.6 Å². The van der Waals surface area contributed by atoms with E-state index in [-0.39, 0.29) is 24.0 Å². The van der Waals surface area contributed by atoms with Gasteiger partial charge in [-0.1, -0.05) is 18.1 Å². The normalized spacial score (nSPS) is 12.6. The Morgan fingerprint density at radius 1 is 1.45 bits per heavy atom. The molecule has 0 saturated carbocycles. The topological polar surface area (TPSA) is 75.3 Å². The second kappa shape index (κ2) is 9.78. The highest BCUT2D eigenvalue weighted by Gasteiger charge is 2.07. The van der Waals surface area contributed by atoms with E-state index in [1.165, 1.54) is 4.88 Å². The predicted octanol–water partition coefficient (Wildman–Crippen LogP) is 2.60. The third-order valence-corrected chi connectivity index (χ3v) is 3.85. The van der Waals surface area contributed by atoms with E-state index in [1.807, 2.05) is 0 Å². The van der Waals surface area contributed by atoms with Gasteiger partial charge in [-0.15, -0.1) is 35.3 Å². The second-order valence-electron chi connectivity index (χ2n) is 4.92. The minimum absolute atomic E-state index is 0. The molecule has 0 aliphatic heterocycles. The Balaban J connectivity index is 0.00000242. The SMILES string of the molecule is CN=C(NCc1noc(C)n1)NCC(C)Cc1cccs1.I. The molecule has 0 saturated heterocycles. The van der Waals surface area contributed by atoms with Gasteiger partial charge < -0.3 is 15.2 Å². The highest BCUT2D eigenvalue weighted by Crippen LogP contribution is 2.13. The summed E-state index contributed by atoms with van der Waals surface area (Å²) in [6, 6.07) is 4.26. The summed E-state index contributed by atoms with van der Waals surface area (Å²) < 4.78 is 4.93. The first-order chi connectivity index (χ1) is 10.2. The van der Waals surface area contributed by atoms with Gasteiger partial charge in [0.2, 0.25) is 5.89 Å². The molecule has 2 rings (SSSR count). The number of aryl methyl sites for hydroxylation is 1. The van der Waals surface area contributed by atoms with Crippen molar-refractivity contribution >= 4 is 41.3 Å². The Kier molecular flexibility index (Phi) is 8.39. The average Bonchev–Trinajstić information content (AvgIpc) is 3.11. The number of aromatic nitrogens is 2. The zero-order valence-electron chi connectivity index (χ0n) is 13.0. The monoisotopic (exact) mass is 435 g/mol. The van der Waals surface area contributed by atoms with Gasteiger partial charge >= 0.3 is 0 Å². The fourth-order valence-corrected chi connectivity index (χ4v) is 2.78. The fraction of sp³-hybridized carbons (Fsp3) is 0.500. The van der Waals surface area contributed by atoms with Crippen LogP contribution in [0.4, 0.5) is 0 Å². The first-order valence-corrected chi connectivity index (χ1v) is 7.81. The smallest absolute Gasteiger partial charge is 0.223 e. The fourth-order valence-electron chi connectivity index (χ4n) is 1.91.